The van der Waals surface area contributed by atoms with E-state index in [1.807, 2.05) is 39.0 Å². The number of anilines is 2. The normalized spacial score (nSPS) is 14.7. The highest BCUT2D eigenvalue weighted by Gasteiger charge is 2.24. The number of fused-ring (bicyclic) bond motifs is 1. The van der Waals surface area contributed by atoms with E-state index in [-0.39, 0.29) is 0 Å². The van der Waals surface area contributed by atoms with E-state index in [4.69, 9.17) is 4.42 Å². The van der Waals surface area contributed by atoms with Crippen LogP contribution in [-0.4, -0.2) is 41.4 Å². The van der Waals surface area contributed by atoms with Crippen molar-refractivity contribution in [3.63, 3.8) is 0 Å². The summed E-state index contributed by atoms with van der Waals surface area (Å²) >= 11 is 0. The number of nitrogens with zero attached hydrogens (tertiary/aromatic N) is 6. The van der Waals surface area contributed by atoms with E-state index in [0.29, 0.717) is 17.4 Å². The van der Waals surface area contributed by atoms with Crippen molar-refractivity contribution in [3.8, 4) is 6.07 Å². The summed E-state index contributed by atoms with van der Waals surface area (Å²) in [4.78, 5) is 8.86. The van der Waals surface area contributed by atoms with E-state index in [0.717, 1.165) is 48.5 Å². The molecule has 0 aliphatic carbocycles. The fourth-order valence-corrected chi connectivity index (χ4v) is 3.22. The molecule has 4 rings (SSSR count). The molecule has 0 bridgehead atoms. The zero-order valence-electron chi connectivity index (χ0n) is 15.2. The third-order valence-electron chi connectivity index (χ3n) is 4.93. The largest absolute Gasteiger partial charge is 0.423 e. The molecule has 0 amide bonds. The first kappa shape index (κ1) is 16.3. The number of nitriles is 1. The summed E-state index contributed by atoms with van der Waals surface area (Å²) in [5, 5.41) is 18.0. The second-order valence-electron chi connectivity index (χ2n) is 6.66. The molecule has 0 spiro atoms. The molecule has 0 N–H and O–H groups in total. The molecule has 1 aliphatic heterocycles. The third kappa shape index (κ3) is 2.73. The maximum atomic E-state index is 9.51. The third-order valence-corrected chi connectivity index (χ3v) is 4.93. The minimum absolute atomic E-state index is 0.614. The Kier molecular flexibility index (Phi) is 3.96. The molecule has 0 radical (unpaired) electrons. The highest BCUT2D eigenvalue weighted by atomic mass is 16.4. The van der Waals surface area contributed by atoms with Crippen LogP contribution < -0.4 is 9.80 Å². The van der Waals surface area contributed by atoms with Gasteiger partial charge in [-0.2, -0.15) is 15.3 Å². The van der Waals surface area contributed by atoms with Gasteiger partial charge in [0.2, 0.25) is 0 Å². The molecule has 3 aromatic rings. The Bertz CT molecular complexity index is 1010. The minimum Gasteiger partial charge on any atom is -0.423 e. The highest BCUT2D eigenvalue weighted by molar-refractivity contribution is 5.75. The van der Waals surface area contributed by atoms with Gasteiger partial charge >= 0.3 is 0 Å². The van der Waals surface area contributed by atoms with E-state index in [1.54, 1.807) is 0 Å². The Hall–Kier alpha value is -3.14. The van der Waals surface area contributed by atoms with Gasteiger partial charge < -0.3 is 14.2 Å². The molecule has 1 saturated heterocycles. The van der Waals surface area contributed by atoms with Crippen LogP contribution >= 0.6 is 0 Å². The predicted molar refractivity (Wildman–Crippen MR) is 99.4 cm³/mol. The van der Waals surface area contributed by atoms with E-state index < -0.39 is 0 Å². The molecule has 1 aliphatic rings. The van der Waals surface area contributed by atoms with Gasteiger partial charge in [-0.05, 0) is 44.0 Å². The van der Waals surface area contributed by atoms with Crippen LogP contribution in [0.4, 0.5) is 11.8 Å². The number of hydrogen-bond acceptors (Lipinski definition) is 7. The van der Waals surface area contributed by atoms with Gasteiger partial charge in [-0.1, -0.05) is 6.07 Å². The van der Waals surface area contributed by atoms with Crippen molar-refractivity contribution in [1.82, 2.24) is 15.2 Å². The molecule has 132 valence electrons. The van der Waals surface area contributed by atoms with Crippen LogP contribution in [0.25, 0.3) is 11.1 Å². The number of piperazine rings is 1. The second-order valence-corrected chi connectivity index (χ2v) is 6.66. The summed E-state index contributed by atoms with van der Waals surface area (Å²) in [6.07, 6.45) is 0. The summed E-state index contributed by atoms with van der Waals surface area (Å²) in [6.45, 7) is 8.83. The van der Waals surface area contributed by atoms with Crippen molar-refractivity contribution in [2.45, 2.75) is 20.8 Å². The lowest BCUT2D eigenvalue weighted by molar-refractivity contribution is 0.539. The maximum absolute atomic E-state index is 9.51. The van der Waals surface area contributed by atoms with Crippen LogP contribution in [0.3, 0.4) is 0 Å². The Morgan fingerprint density at radius 1 is 1.04 bits per heavy atom. The molecule has 0 atom stereocenters. The predicted octanol–water partition coefficient (Wildman–Crippen LogP) is 2.74. The van der Waals surface area contributed by atoms with E-state index >= 15 is 0 Å². The highest BCUT2D eigenvalue weighted by Crippen LogP contribution is 2.26. The first-order valence-electron chi connectivity index (χ1n) is 8.68. The topological polar surface area (TPSA) is 82.1 Å². The second kappa shape index (κ2) is 6.30. The molecular formula is C19H20N6O. The van der Waals surface area contributed by atoms with Crippen molar-refractivity contribution in [2.24, 2.45) is 0 Å². The summed E-state index contributed by atoms with van der Waals surface area (Å²) < 4.78 is 5.90. The molecular weight excluding hydrogens is 328 g/mol. The molecule has 1 aromatic carbocycles. The van der Waals surface area contributed by atoms with Crippen molar-refractivity contribution in [3.05, 3.63) is 40.6 Å². The molecule has 7 nitrogen and oxygen atoms in total. The van der Waals surface area contributed by atoms with Crippen LogP contribution in [0, 0.1) is 32.1 Å². The lowest BCUT2D eigenvalue weighted by Crippen LogP contribution is -2.47. The first-order chi connectivity index (χ1) is 12.6. The van der Waals surface area contributed by atoms with Crippen LogP contribution in [0.15, 0.2) is 22.6 Å². The van der Waals surface area contributed by atoms with Crippen LogP contribution in [-0.2, 0) is 0 Å². The van der Waals surface area contributed by atoms with Crippen LogP contribution in [0.5, 0.6) is 0 Å². The van der Waals surface area contributed by atoms with Crippen molar-refractivity contribution >= 4 is 22.9 Å². The standard InChI is InChI=1S/C19H20N6O/c1-12-4-5-17-16(10-12)21-19(26-17)25-8-6-24(7-9-25)18-15(11-20)13(2)14(3)22-23-18/h4-5,10H,6-9H2,1-3H3. The molecule has 0 saturated carbocycles. The number of rotatable bonds is 2. The summed E-state index contributed by atoms with van der Waals surface area (Å²) in [5.74, 6) is 0.670. The summed E-state index contributed by atoms with van der Waals surface area (Å²) in [5.41, 5.74) is 5.16. The monoisotopic (exact) mass is 348 g/mol. The number of aromatic nitrogens is 3. The van der Waals surface area contributed by atoms with Crippen molar-refractivity contribution in [2.75, 3.05) is 36.0 Å². The number of oxazole rings is 1. The van der Waals surface area contributed by atoms with Gasteiger partial charge in [-0.25, -0.2) is 0 Å². The van der Waals surface area contributed by atoms with Gasteiger partial charge in [0.1, 0.15) is 17.1 Å². The van der Waals surface area contributed by atoms with E-state index in [9.17, 15) is 5.26 Å². The molecule has 1 fully saturated rings. The Morgan fingerprint density at radius 2 is 1.77 bits per heavy atom. The van der Waals surface area contributed by atoms with Gasteiger partial charge in [0.15, 0.2) is 11.4 Å². The van der Waals surface area contributed by atoms with Crippen molar-refractivity contribution in [1.29, 1.82) is 5.26 Å². The van der Waals surface area contributed by atoms with Crippen LogP contribution in [0.1, 0.15) is 22.4 Å². The molecule has 26 heavy (non-hydrogen) atoms. The van der Waals surface area contributed by atoms with Gasteiger partial charge in [-0.15, -0.1) is 5.10 Å². The molecule has 3 heterocycles. The SMILES string of the molecule is Cc1ccc2oc(N3CCN(c4nnc(C)c(C)c4C#N)CC3)nc2c1. The minimum atomic E-state index is 0.614. The lowest BCUT2D eigenvalue weighted by Gasteiger charge is -2.34. The fraction of sp³-hybridized carbons (Fsp3) is 0.368. The smallest absolute Gasteiger partial charge is 0.298 e. The average molecular weight is 348 g/mol. The van der Waals surface area contributed by atoms with E-state index in [1.165, 1.54) is 5.56 Å². The van der Waals surface area contributed by atoms with E-state index in [2.05, 4.69) is 31.1 Å². The fourth-order valence-electron chi connectivity index (χ4n) is 3.22. The Balaban J connectivity index is 1.54. The van der Waals surface area contributed by atoms with Gasteiger partial charge in [0.25, 0.3) is 6.01 Å². The van der Waals surface area contributed by atoms with Gasteiger partial charge in [0.05, 0.1) is 5.69 Å². The zero-order valence-corrected chi connectivity index (χ0v) is 15.2. The van der Waals surface area contributed by atoms with Gasteiger partial charge in [0, 0.05) is 26.2 Å². The maximum Gasteiger partial charge on any atom is 0.298 e. The van der Waals surface area contributed by atoms with Crippen LogP contribution in [0.2, 0.25) is 0 Å². The summed E-state index contributed by atoms with van der Waals surface area (Å²) in [7, 11) is 0. The summed E-state index contributed by atoms with van der Waals surface area (Å²) in [6, 6.07) is 8.94. The number of benzene rings is 1. The van der Waals surface area contributed by atoms with Crippen molar-refractivity contribution < 1.29 is 4.42 Å². The number of aryl methyl sites for hydroxylation is 2. The molecule has 7 heteroatoms. The first-order valence-corrected chi connectivity index (χ1v) is 8.68. The molecule has 2 aromatic heterocycles. The lowest BCUT2D eigenvalue weighted by atomic mass is 10.1. The Morgan fingerprint density at radius 3 is 2.50 bits per heavy atom. The Labute approximate surface area is 151 Å². The molecule has 0 unspecified atom stereocenters. The zero-order chi connectivity index (χ0) is 18.3. The van der Waals surface area contributed by atoms with Gasteiger partial charge in [-0.3, -0.25) is 0 Å². The average Bonchev–Trinajstić information content (AvgIpc) is 3.07. The number of hydrogen-bond donors (Lipinski definition) is 0. The quantitative estimate of drug-likeness (QED) is 0.704.